The summed E-state index contributed by atoms with van der Waals surface area (Å²) in [5.74, 6) is 1.75. The molecular weight excluding hydrogens is 310 g/mol. The molecule has 2 aliphatic heterocycles. The normalized spacial score (nSPS) is 21.7. The maximum Gasteiger partial charge on any atom is 0.343 e. The first-order valence-electron chi connectivity index (χ1n) is 8.38. The molecule has 2 aliphatic rings. The van der Waals surface area contributed by atoms with Crippen LogP contribution in [0.1, 0.15) is 18.0 Å². The zero-order valence-corrected chi connectivity index (χ0v) is 13.5. The van der Waals surface area contributed by atoms with E-state index in [0.29, 0.717) is 13.0 Å². The van der Waals surface area contributed by atoms with E-state index in [4.69, 9.17) is 4.42 Å². The number of H-pyrrole nitrogens is 1. The summed E-state index contributed by atoms with van der Waals surface area (Å²) in [5.41, 5.74) is -0.217. The third-order valence-corrected chi connectivity index (χ3v) is 4.95. The minimum absolute atomic E-state index is 0.121. The minimum Gasteiger partial charge on any atom is -0.468 e. The number of nitrogens with zero attached hydrogens (tertiary/aromatic N) is 4. The van der Waals surface area contributed by atoms with E-state index in [-0.39, 0.29) is 17.5 Å². The second-order valence-electron chi connectivity index (χ2n) is 6.47. The van der Waals surface area contributed by atoms with Gasteiger partial charge in [0.05, 0.1) is 18.7 Å². The number of hydrogen-bond acceptors (Lipinski definition) is 5. The third kappa shape index (κ3) is 2.89. The number of carbonyl (C=O) groups is 1. The molecule has 128 valence electrons. The number of piperazine rings is 1. The van der Waals surface area contributed by atoms with Crippen LogP contribution >= 0.6 is 0 Å². The van der Waals surface area contributed by atoms with Crippen LogP contribution < -0.4 is 5.69 Å². The Morgan fingerprint density at radius 2 is 2.17 bits per heavy atom. The highest BCUT2D eigenvalue weighted by atomic mass is 16.3. The number of carbonyl (C=O) groups excluding carboxylic acids is 1. The van der Waals surface area contributed by atoms with E-state index in [1.54, 1.807) is 10.8 Å². The molecule has 0 spiro atoms. The molecular formula is C16H21N5O3. The number of hydrogen-bond donors (Lipinski definition) is 1. The lowest BCUT2D eigenvalue weighted by atomic mass is 9.97. The van der Waals surface area contributed by atoms with Gasteiger partial charge in [0.1, 0.15) is 11.6 Å². The van der Waals surface area contributed by atoms with Crippen LogP contribution in [0.3, 0.4) is 0 Å². The molecule has 24 heavy (non-hydrogen) atoms. The summed E-state index contributed by atoms with van der Waals surface area (Å²) in [7, 11) is 0. The SMILES string of the molecule is O=C(C1CCc2n[nH]c(=O)n2C1)N1CCN(Cc2ccco2)CC1. The average Bonchev–Trinajstić information content (AvgIpc) is 3.25. The van der Waals surface area contributed by atoms with Crippen LogP contribution in [0.25, 0.3) is 0 Å². The van der Waals surface area contributed by atoms with Gasteiger partial charge in [-0.25, -0.2) is 9.89 Å². The van der Waals surface area contributed by atoms with Crippen molar-refractivity contribution in [1.29, 1.82) is 0 Å². The molecule has 1 atom stereocenters. The van der Waals surface area contributed by atoms with E-state index in [9.17, 15) is 9.59 Å². The highest BCUT2D eigenvalue weighted by molar-refractivity contribution is 5.79. The standard InChI is InChI=1S/C16H21N5O3/c22-15(12-3-4-14-17-18-16(23)21(14)10-12)20-7-5-19(6-8-20)11-13-2-1-9-24-13/h1-2,9,12H,3-8,10-11H2,(H,18,23). The predicted octanol–water partition coefficient (Wildman–Crippen LogP) is 0.0712. The van der Waals surface area contributed by atoms with Gasteiger partial charge in [-0.05, 0) is 18.6 Å². The molecule has 2 aromatic rings. The van der Waals surface area contributed by atoms with Crippen LogP contribution in [0.2, 0.25) is 0 Å². The van der Waals surface area contributed by atoms with Gasteiger partial charge in [0, 0.05) is 39.1 Å². The van der Waals surface area contributed by atoms with Crippen molar-refractivity contribution in [1.82, 2.24) is 24.6 Å². The number of furan rings is 1. The lowest BCUT2D eigenvalue weighted by molar-refractivity contribution is -0.138. The highest BCUT2D eigenvalue weighted by Gasteiger charge is 2.31. The molecule has 0 saturated carbocycles. The topological polar surface area (TPSA) is 87.4 Å². The molecule has 4 heterocycles. The van der Waals surface area contributed by atoms with E-state index >= 15 is 0 Å². The number of aromatic nitrogens is 3. The molecule has 1 saturated heterocycles. The van der Waals surface area contributed by atoms with Crippen LogP contribution in [0, 0.1) is 5.92 Å². The lowest BCUT2D eigenvalue weighted by Crippen LogP contribution is -2.51. The fraction of sp³-hybridized carbons (Fsp3) is 0.562. The van der Waals surface area contributed by atoms with Crippen LogP contribution in [0.5, 0.6) is 0 Å². The van der Waals surface area contributed by atoms with E-state index in [1.165, 1.54) is 0 Å². The van der Waals surface area contributed by atoms with E-state index in [2.05, 4.69) is 15.1 Å². The van der Waals surface area contributed by atoms with Crippen molar-refractivity contribution in [3.8, 4) is 0 Å². The molecule has 2 aromatic heterocycles. The van der Waals surface area contributed by atoms with Gasteiger partial charge in [0.25, 0.3) is 0 Å². The van der Waals surface area contributed by atoms with Gasteiger partial charge in [-0.2, -0.15) is 5.10 Å². The maximum absolute atomic E-state index is 12.8. The first-order valence-corrected chi connectivity index (χ1v) is 8.38. The summed E-state index contributed by atoms with van der Waals surface area (Å²) >= 11 is 0. The van der Waals surface area contributed by atoms with Crippen molar-refractivity contribution >= 4 is 5.91 Å². The number of aryl methyl sites for hydroxylation is 1. The second-order valence-corrected chi connectivity index (χ2v) is 6.47. The molecule has 8 heteroatoms. The molecule has 1 amide bonds. The van der Waals surface area contributed by atoms with Crippen molar-refractivity contribution in [2.45, 2.75) is 25.9 Å². The minimum atomic E-state index is -0.217. The Labute approximate surface area is 139 Å². The van der Waals surface area contributed by atoms with Gasteiger partial charge < -0.3 is 9.32 Å². The zero-order chi connectivity index (χ0) is 16.5. The Kier molecular flexibility index (Phi) is 3.97. The van der Waals surface area contributed by atoms with E-state index < -0.39 is 0 Å². The fourth-order valence-corrected chi connectivity index (χ4v) is 3.55. The van der Waals surface area contributed by atoms with Crippen LogP contribution in [0.4, 0.5) is 0 Å². The fourth-order valence-electron chi connectivity index (χ4n) is 3.55. The van der Waals surface area contributed by atoms with Gasteiger partial charge in [-0.3, -0.25) is 14.3 Å². The zero-order valence-electron chi connectivity index (χ0n) is 13.5. The van der Waals surface area contributed by atoms with E-state index in [1.807, 2.05) is 17.0 Å². The van der Waals surface area contributed by atoms with Gasteiger partial charge >= 0.3 is 5.69 Å². The van der Waals surface area contributed by atoms with Gasteiger partial charge in [-0.15, -0.1) is 0 Å². The summed E-state index contributed by atoms with van der Waals surface area (Å²) in [6, 6.07) is 3.87. The molecule has 1 unspecified atom stereocenters. The third-order valence-electron chi connectivity index (χ3n) is 4.95. The average molecular weight is 331 g/mol. The van der Waals surface area contributed by atoms with Crippen molar-refractivity contribution in [2.75, 3.05) is 26.2 Å². The van der Waals surface area contributed by atoms with Crippen LogP contribution in [0.15, 0.2) is 27.6 Å². The monoisotopic (exact) mass is 331 g/mol. The number of rotatable bonds is 3. The van der Waals surface area contributed by atoms with Gasteiger partial charge in [0.2, 0.25) is 5.91 Å². The van der Waals surface area contributed by atoms with Gasteiger partial charge in [-0.1, -0.05) is 0 Å². The predicted molar refractivity (Wildman–Crippen MR) is 85.2 cm³/mol. The number of nitrogens with one attached hydrogen (secondary N) is 1. The molecule has 0 bridgehead atoms. The molecule has 4 rings (SSSR count). The van der Waals surface area contributed by atoms with Crippen molar-refractivity contribution in [3.05, 3.63) is 40.5 Å². The molecule has 1 N–H and O–H groups in total. The first-order chi connectivity index (χ1) is 11.7. The second kappa shape index (κ2) is 6.27. The molecule has 1 fully saturated rings. The smallest absolute Gasteiger partial charge is 0.343 e. The Morgan fingerprint density at radius 3 is 2.92 bits per heavy atom. The van der Waals surface area contributed by atoms with Crippen molar-refractivity contribution in [2.24, 2.45) is 5.92 Å². The molecule has 0 aliphatic carbocycles. The summed E-state index contributed by atoms with van der Waals surface area (Å²) in [4.78, 5) is 28.7. The van der Waals surface area contributed by atoms with Crippen LogP contribution in [-0.2, 0) is 24.3 Å². The Bertz CT molecular complexity index is 755. The Morgan fingerprint density at radius 1 is 1.33 bits per heavy atom. The molecule has 8 nitrogen and oxygen atoms in total. The Balaban J connectivity index is 1.33. The lowest BCUT2D eigenvalue weighted by Gasteiger charge is -2.36. The van der Waals surface area contributed by atoms with Crippen molar-refractivity contribution < 1.29 is 9.21 Å². The number of amides is 1. The summed E-state index contributed by atoms with van der Waals surface area (Å²) in [6.07, 6.45) is 3.12. The maximum atomic E-state index is 12.8. The summed E-state index contributed by atoms with van der Waals surface area (Å²) < 4.78 is 6.98. The van der Waals surface area contributed by atoms with E-state index in [0.717, 1.165) is 50.7 Å². The summed E-state index contributed by atoms with van der Waals surface area (Å²) in [5, 5.41) is 6.45. The quantitative estimate of drug-likeness (QED) is 0.860. The number of aromatic amines is 1. The Hall–Kier alpha value is -2.35. The van der Waals surface area contributed by atoms with Crippen LogP contribution in [-0.4, -0.2) is 56.7 Å². The first kappa shape index (κ1) is 15.2. The molecule has 0 radical (unpaired) electrons. The highest BCUT2D eigenvalue weighted by Crippen LogP contribution is 2.20. The molecule has 0 aromatic carbocycles. The number of fused-ring (bicyclic) bond motifs is 1. The summed E-state index contributed by atoms with van der Waals surface area (Å²) in [6.45, 7) is 4.36. The largest absolute Gasteiger partial charge is 0.468 e. The van der Waals surface area contributed by atoms with Gasteiger partial charge in [0.15, 0.2) is 0 Å². The van der Waals surface area contributed by atoms with Crippen molar-refractivity contribution in [3.63, 3.8) is 0 Å².